The Balaban J connectivity index is 2.78. The summed E-state index contributed by atoms with van der Waals surface area (Å²) < 4.78 is 22.3. The molecule has 90 valence electrons. The maximum Gasteiger partial charge on any atom is 0.119 e. The fourth-order valence-electron chi connectivity index (χ4n) is 1.47. The normalized spacial score (nSPS) is 10.8. The molecule has 1 rings (SSSR count). The van der Waals surface area contributed by atoms with E-state index in [9.17, 15) is 4.39 Å². The van der Waals surface area contributed by atoms with E-state index in [1.807, 2.05) is 12.1 Å². The summed E-state index contributed by atoms with van der Waals surface area (Å²) in [4.78, 5) is 0. The lowest BCUT2D eigenvalue weighted by atomic mass is 10.0. The molecular formula is C13H19FO2. The Morgan fingerprint density at radius 2 is 2.00 bits per heavy atom. The summed E-state index contributed by atoms with van der Waals surface area (Å²) in [7, 11) is 1.64. The molecule has 0 fully saturated rings. The summed E-state index contributed by atoms with van der Waals surface area (Å²) in [6, 6.07) is 6.01. The van der Waals surface area contributed by atoms with Crippen LogP contribution in [0.25, 0.3) is 0 Å². The number of rotatable bonds is 6. The van der Waals surface area contributed by atoms with Crippen molar-refractivity contribution < 1.29 is 13.9 Å². The van der Waals surface area contributed by atoms with Crippen molar-refractivity contribution in [1.82, 2.24) is 0 Å². The maximum atomic E-state index is 11.9. The lowest BCUT2D eigenvalue weighted by Gasteiger charge is -2.11. The van der Waals surface area contributed by atoms with E-state index in [-0.39, 0.29) is 6.61 Å². The van der Waals surface area contributed by atoms with Crippen molar-refractivity contribution >= 4 is 0 Å². The first-order valence-corrected chi connectivity index (χ1v) is 5.49. The first kappa shape index (κ1) is 13.0. The van der Waals surface area contributed by atoms with Gasteiger partial charge >= 0.3 is 0 Å². The van der Waals surface area contributed by atoms with Gasteiger partial charge in [0.05, 0.1) is 20.3 Å². The van der Waals surface area contributed by atoms with Gasteiger partial charge in [0.2, 0.25) is 0 Å². The SMILES string of the molecule is COc1cc(COCCF)cc(C(C)C)c1. The first-order chi connectivity index (χ1) is 7.67. The molecule has 0 aliphatic carbocycles. The average molecular weight is 226 g/mol. The Morgan fingerprint density at radius 3 is 2.56 bits per heavy atom. The molecule has 3 heteroatoms. The van der Waals surface area contributed by atoms with E-state index in [2.05, 4.69) is 19.9 Å². The number of ether oxygens (including phenoxy) is 2. The summed E-state index contributed by atoms with van der Waals surface area (Å²) >= 11 is 0. The van der Waals surface area contributed by atoms with Gasteiger partial charge in [-0.25, -0.2) is 4.39 Å². The standard InChI is InChI=1S/C13H19FO2/c1-10(2)12-6-11(9-16-5-4-14)7-13(8-12)15-3/h6-8,10H,4-5,9H2,1-3H3. The van der Waals surface area contributed by atoms with E-state index >= 15 is 0 Å². The molecule has 0 aromatic heterocycles. The number of halogens is 1. The number of alkyl halides is 1. The smallest absolute Gasteiger partial charge is 0.119 e. The molecule has 1 aromatic carbocycles. The van der Waals surface area contributed by atoms with Crippen molar-refractivity contribution in [2.24, 2.45) is 0 Å². The van der Waals surface area contributed by atoms with Gasteiger partial charge in [-0.3, -0.25) is 0 Å². The molecule has 2 nitrogen and oxygen atoms in total. The van der Waals surface area contributed by atoms with Crippen LogP contribution in [0.5, 0.6) is 5.75 Å². The second kappa shape index (κ2) is 6.48. The fraction of sp³-hybridized carbons (Fsp3) is 0.538. The molecule has 0 radical (unpaired) electrons. The summed E-state index contributed by atoms with van der Waals surface area (Å²) in [6.07, 6.45) is 0. The number of methoxy groups -OCH3 is 1. The van der Waals surface area contributed by atoms with Crippen molar-refractivity contribution in [3.8, 4) is 5.75 Å². The maximum absolute atomic E-state index is 11.9. The van der Waals surface area contributed by atoms with Crippen LogP contribution in [0.2, 0.25) is 0 Å². The molecule has 0 amide bonds. The highest BCUT2D eigenvalue weighted by molar-refractivity contribution is 5.35. The molecule has 0 aliphatic rings. The zero-order valence-electron chi connectivity index (χ0n) is 10.1. The Morgan fingerprint density at radius 1 is 1.25 bits per heavy atom. The Bertz CT molecular complexity index is 324. The zero-order chi connectivity index (χ0) is 12.0. The molecule has 0 saturated heterocycles. The predicted octanol–water partition coefficient (Wildman–Crippen LogP) is 3.30. The highest BCUT2D eigenvalue weighted by Crippen LogP contribution is 2.23. The minimum Gasteiger partial charge on any atom is -0.497 e. The second-order valence-electron chi connectivity index (χ2n) is 4.01. The van der Waals surface area contributed by atoms with Gasteiger partial charge in [-0.05, 0) is 29.2 Å². The summed E-state index contributed by atoms with van der Waals surface area (Å²) in [5, 5.41) is 0. The average Bonchev–Trinajstić information content (AvgIpc) is 2.29. The van der Waals surface area contributed by atoms with Crippen LogP contribution in [0.3, 0.4) is 0 Å². The highest BCUT2D eigenvalue weighted by Gasteiger charge is 2.05. The van der Waals surface area contributed by atoms with Gasteiger partial charge in [-0.15, -0.1) is 0 Å². The van der Waals surface area contributed by atoms with Gasteiger partial charge in [-0.1, -0.05) is 19.9 Å². The highest BCUT2D eigenvalue weighted by atomic mass is 19.1. The summed E-state index contributed by atoms with van der Waals surface area (Å²) in [5.74, 6) is 1.26. The molecule has 16 heavy (non-hydrogen) atoms. The monoisotopic (exact) mass is 226 g/mol. The van der Waals surface area contributed by atoms with Gasteiger partial charge in [0.1, 0.15) is 12.4 Å². The van der Waals surface area contributed by atoms with Crippen LogP contribution in [0.15, 0.2) is 18.2 Å². The van der Waals surface area contributed by atoms with Crippen molar-refractivity contribution in [3.63, 3.8) is 0 Å². The largest absolute Gasteiger partial charge is 0.497 e. The Labute approximate surface area is 96.4 Å². The number of hydrogen-bond donors (Lipinski definition) is 0. The molecule has 0 heterocycles. The van der Waals surface area contributed by atoms with Crippen LogP contribution in [0.1, 0.15) is 30.9 Å². The lowest BCUT2D eigenvalue weighted by Crippen LogP contribution is -1.99. The third-order valence-electron chi connectivity index (χ3n) is 2.38. The second-order valence-corrected chi connectivity index (χ2v) is 4.01. The van der Waals surface area contributed by atoms with E-state index in [1.54, 1.807) is 7.11 Å². The minimum absolute atomic E-state index is 0.147. The van der Waals surface area contributed by atoms with Crippen molar-refractivity contribution in [2.45, 2.75) is 26.4 Å². The van der Waals surface area contributed by atoms with E-state index in [4.69, 9.17) is 9.47 Å². The van der Waals surface area contributed by atoms with Gasteiger partial charge < -0.3 is 9.47 Å². The van der Waals surface area contributed by atoms with E-state index in [0.29, 0.717) is 12.5 Å². The Kier molecular flexibility index (Phi) is 5.26. The van der Waals surface area contributed by atoms with Crippen LogP contribution in [-0.4, -0.2) is 20.4 Å². The summed E-state index contributed by atoms with van der Waals surface area (Å²) in [6.45, 7) is 4.39. The van der Waals surface area contributed by atoms with Crippen LogP contribution < -0.4 is 4.74 Å². The predicted molar refractivity (Wildman–Crippen MR) is 62.7 cm³/mol. The molecule has 0 bridgehead atoms. The van der Waals surface area contributed by atoms with Crippen molar-refractivity contribution in [2.75, 3.05) is 20.4 Å². The van der Waals surface area contributed by atoms with E-state index in [1.165, 1.54) is 5.56 Å². The van der Waals surface area contributed by atoms with E-state index < -0.39 is 6.67 Å². The number of benzene rings is 1. The quantitative estimate of drug-likeness (QED) is 0.693. The number of hydrogen-bond acceptors (Lipinski definition) is 2. The zero-order valence-corrected chi connectivity index (χ0v) is 10.1. The van der Waals surface area contributed by atoms with Crippen LogP contribution >= 0.6 is 0 Å². The van der Waals surface area contributed by atoms with Gasteiger partial charge in [0.15, 0.2) is 0 Å². The summed E-state index contributed by atoms with van der Waals surface area (Å²) in [5.41, 5.74) is 2.23. The van der Waals surface area contributed by atoms with Gasteiger partial charge in [0, 0.05) is 0 Å². The van der Waals surface area contributed by atoms with Crippen molar-refractivity contribution in [1.29, 1.82) is 0 Å². The first-order valence-electron chi connectivity index (χ1n) is 5.49. The van der Waals surface area contributed by atoms with Gasteiger partial charge in [0.25, 0.3) is 0 Å². The molecule has 0 saturated carbocycles. The van der Waals surface area contributed by atoms with Gasteiger partial charge in [-0.2, -0.15) is 0 Å². The van der Waals surface area contributed by atoms with Crippen molar-refractivity contribution in [3.05, 3.63) is 29.3 Å². The van der Waals surface area contributed by atoms with Crippen LogP contribution in [-0.2, 0) is 11.3 Å². The molecule has 0 atom stereocenters. The molecule has 0 N–H and O–H groups in total. The van der Waals surface area contributed by atoms with Crippen LogP contribution in [0, 0.1) is 0 Å². The molecule has 0 spiro atoms. The molecule has 1 aromatic rings. The lowest BCUT2D eigenvalue weighted by molar-refractivity contribution is 0.106. The third-order valence-corrected chi connectivity index (χ3v) is 2.38. The fourth-order valence-corrected chi connectivity index (χ4v) is 1.47. The Hall–Kier alpha value is -1.09. The molecule has 0 aliphatic heterocycles. The molecular weight excluding hydrogens is 207 g/mol. The topological polar surface area (TPSA) is 18.5 Å². The third kappa shape index (κ3) is 3.81. The molecule has 0 unspecified atom stereocenters. The minimum atomic E-state index is -0.443. The van der Waals surface area contributed by atoms with E-state index in [0.717, 1.165) is 11.3 Å². The van der Waals surface area contributed by atoms with Crippen LogP contribution in [0.4, 0.5) is 4.39 Å².